The predicted octanol–water partition coefficient (Wildman–Crippen LogP) is 1.40. The van der Waals surface area contributed by atoms with Crippen molar-refractivity contribution in [3.63, 3.8) is 0 Å². The van der Waals surface area contributed by atoms with Crippen LogP contribution in [0.25, 0.3) is 0 Å². The van der Waals surface area contributed by atoms with Gasteiger partial charge in [0, 0.05) is 51.4 Å². The number of piperazine rings is 1. The summed E-state index contributed by atoms with van der Waals surface area (Å²) in [5.74, 6) is 0.801. The van der Waals surface area contributed by atoms with Crippen LogP contribution in [0.2, 0.25) is 0 Å². The largest absolute Gasteiger partial charge is 0.312 e. The smallest absolute Gasteiger partial charge is 0.0193 e. The zero-order valence-corrected chi connectivity index (χ0v) is 11.8. The van der Waals surface area contributed by atoms with Gasteiger partial charge in [-0.2, -0.15) is 0 Å². The highest BCUT2D eigenvalue weighted by atomic mass is 15.3. The molecule has 1 aliphatic carbocycles. The van der Waals surface area contributed by atoms with E-state index in [2.05, 4.69) is 35.9 Å². The number of hydrogen-bond acceptors (Lipinski definition) is 3. The van der Waals surface area contributed by atoms with E-state index in [-0.39, 0.29) is 0 Å². The first-order valence-electron chi connectivity index (χ1n) is 7.35. The summed E-state index contributed by atoms with van der Waals surface area (Å²) < 4.78 is 0. The van der Waals surface area contributed by atoms with Crippen molar-refractivity contribution in [3.05, 3.63) is 0 Å². The van der Waals surface area contributed by atoms with E-state index in [0.717, 1.165) is 12.0 Å². The van der Waals surface area contributed by atoms with Crippen molar-refractivity contribution >= 4 is 0 Å². The Balaban J connectivity index is 1.62. The van der Waals surface area contributed by atoms with Crippen molar-refractivity contribution in [2.24, 2.45) is 5.92 Å². The van der Waals surface area contributed by atoms with Crippen LogP contribution in [0.3, 0.4) is 0 Å². The lowest BCUT2D eigenvalue weighted by atomic mass is 10.1. The standard InChI is InChI=1S/C14H29N3/c1-12(2)11-16-6-8-17(9-7-16)13(3)10-15-14-4-5-14/h12-15H,4-11H2,1-3H3. The molecule has 1 saturated heterocycles. The maximum atomic E-state index is 3.64. The molecule has 1 unspecified atom stereocenters. The molecule has 3 heteroatoms. The zero-order valence-electron chi connectivity index (χ0n) is 11.8. The summed E-state index contributed by atoms with van der Waals surface area (Å²) >= 11 is 0. The third kappa shape index (κ3) is 4.57. The van der Waals surface area contributed by atoms with Gasteiger partial charge in [0.15, 0.2) is 0 Å². The van der Waals surface area contributed by atoms with Gasteiger partial charge in [0.1, 0.15) is 0 Å². The Hall–Kier alpha value is -0.120. The molecule has 2 aliphatic rings. The SMILES string of the molecule is CC(C)CN1CCN(C(C)CNC2CC2)CC1. The Bertz CT molecular complexity index is 218. The van der Waals surface area contributed by atoms with Crippen molar-refractivity contribution < 1.29 is 0 Å². The minimum absolute atomic E-state index is 0.705. The molecule has 0 aromatic rings. The van der Waals surface area contributed by atoms with Gasteiger partial charge in [-0.15, -0.1) is 0 Å². The maximum absolute atomic E-state index is 3.64. The van der Waals surface area contributed by atoms with Crippen molar-refractivity contribution in [2.45, 2.75) is 45.7 Å². The predicted molar refractivity (Wildman–Crippen MR) is 73.3 cm³/mol. The zero-order chi connectivity index (χ0) is 12.3. The van der Waals surface area contributed by atoms with E-state index < -0.39 is 0 Å². The van der Waals surface area contributed by atoms with Crippen LogP contribution in [0.1, 0.15) is 33.6 Å². The molecule has 2 fully saturated rings. The second-order valence-corrected chi connectivity index (χ2v) is 6.26. The average Bonchev–Trinajstić information content (AvgIpc) is 3.10. The first kappa shape index (κ1) is 13.3. The number of nitrogens with zero attached hydrogens (tertiary/aromatic N) is 2. The Labute approximate surface area is 107 Å². The minimum Gasteiger partial charge on any atom is -0.312 e. The monoisotopic (exact) mass is 239 g/mol. The number of hydrogen-bond donors (Lipinski definition) is 1. The van der Waals surface area contributed by atoms with Crippen LogP contribution in [0.5, 0.6) is 0 Å². The molecular weight excluding hydrogens is 210 g/mol. The first-order chi connectivity index (χ1) is 8.15. The molecule has 0 spiro atoms. The van der Waals surface area contributed by atoms with Crippen LogP contribution < -0.4 is 5.32 Å². The van der Waals surface area contributed by atoms with Gasteiger partial charge in [0.2, 0.25) is 0 Å². The molecular formula is C14H29N3. The molecule has 17 heavy (non-hydrogen) atoms. The highest BCUT2D eigenvalue weighted by Crippen LogP contribution is 2.18. The summed E-state index contributed by atoms with van der Waals surface area (Å²) in [6.45, 7) is 14.5. The molecule has 0 aromatic carbocycles. The van der Waals surface area contributed by atoms with Crippen molar-refractivity contribution in [1.29, 1.82) is 0 Å². The second-order valence-electron chi connectivity index (χ2n) is 6.26. The summed E-state index contributed by atoms with van der Waals surface area (Å²) in [5.41, 5.74) is 0. The summed E-state index contributed by atoms with van der Waals surface area (Å²) in [7, 11) is 0. The van der Waals surface area contributed by atoms with Gasteiger partial charge in [-0.25, -0.2) is 0 Å². The average molecular weight is 239 g/mol. The quantitative estimate of drug-likeness (QED) is 0.756. The molecule has 1 aliphatic heterocycles. The molecule has 2 rings (SSSR count). The van der Waals surface area contributed by atoms with E-state index in [9.17, 15) is 0 Å². The third-order valence-corrected chi connectivity index (χ3v) is 3.93. The number of rotatable bonds is 6. The highest BCUT2D eigenvalue weighted by molar-refractivity contribution is 4.84. The van der Waals surface area contributed by atoms with Crippen molar-refractivity contribution in [1.82, 2.24) is 15.1 Å². The normalized spacial score (nSPS) is 25.4. The molecule has 1 atom stereocenters. The van der Waals surface area contributed by atoms with Crippen LogP contribution in [0.4, 0.5) is 0 Å². The molecule has 3 nitrogen and oxygen atoms in total. The van der Waals surface area contributed by atoms with Gasteiger partial charge in [0.25, 0.3) is 0 Å². The van der Waals surface area contributed by atoms with E-state index in [4.69, 9.17) is 0 Å². The topological polar surface area (TPSA) is 18.5 Å². The number of nitrogens with one attached hydrogen (secondary N) is 1. The Kier molecular flexibility index (Phi) is 4.83. The van der Waals surface area contributed by atoms with Crippen molar-refractivity contribution in [3.8, 4) is 0 Å². The van der Waals surface area contributed by atoms with Crippen molar-refractivity contribution in [2.75, 3.05) is 39.3 Å². The van der Waals surface area contributed by atoms with E-state index in [1.807, 2.05) is 0 Å². The lowest BCUT2D eigenvalue weighted by Crippen LogP contribution is -2.52. The van der Waals surface area contributed by atoms with E-state index in [0.29, 0.717) is 6.04 Å². The summed E-state index contributed by atoms with van der Waals surface area (Å²) in [6, 6.07) is 1.55. The third-order valence-electron chi connectivity index (χ3n) is 3.93. The van der Waals surface area contributed by atoms with E-state index in [1.54, 1.807) is 0 Å². The van der Waals surface area contributed by atoms with Gasteiger partial charge in [-0.05, 0) is 25.7 Å². The first-order valence-corrected chi connectivity index (χ1v) is 7.35. The molecule has 0 bridgehead atoms. The van der Waals surface area contributed by atoms with Crippen LogP contribution in [-0.4, -0.2) is 61.2 Å². The molecule has 0 radical (unpaired) electrons. The Morgan fingerprint density at radius 1 is 1.06 bits per heavy atom. The van der Waals surface area contributed by atoms with Gasteiger partial charge in [-0.1, -0.05) is 13.8 Å². The summed E-state index contributed by atoms with van der Waals surface area (Å²) in [6.07, 6.45) is 2.80. The maximum Gasteiger partial charge on any atom is 0.0193 e. The molecule has 0 amide bonds. The van der Waals surface area contributed by atoms with Gasteiger partial charge in [0.05, 0.1) is 0 Å². The summed E-state index contributed by atoms with van der Waals surface area (Å²) in [5, 5.41) is 3.64. The van der Waals surface area contributed by atoms with Gasteiger partial charge in [-0.3, -0.25) is 4.90 Å². The van der Waals surface area contributed by atoms with E-state index in [1.165, 1.54) is 52.1 Å². The van der Waals surface area contributed by atoms with Gasteiger partial charge >= 0.3 is 0 Å². The molecule has 0 aromatic heterocycles. The molecule has 1 saturated carbocycles. The molecule has 100 valence electrons. The van der Waals surface area contributed by atoms with Gasteiger partial charge < -0.3 is 10.2 Å². The molecule has 1 N–H and O–H groups in total. The van der Waals surface area contributed by atoms with Crippen LogP contribution in [0.15, 0.2) is 0 Å². The molecule has 1 heterocycles. The second kappa shape index (κ2) is 6.17. The summed E-state index contributed by atoms with van der Waals surface area (Å²) in [4.78, 5) is 5.26. The fourth-order valence-corrected chi connectivity index (χ4v) is 2.66. The Morgan fingerprint density at radius 3 is 2.24 bits per heavy atom. The van der Waals surface area contributed by atoms with Crippen LogP contribution in [-0.2, 0) is 0 Å². The minimum atomic E-state index is 0.705. The van der Waals surface area contributed by atoms with Crippen LogP contribution >= 0.6 is 0 Å². The fraction of sp³-hybridized carbons (Fsp3) is 1.00. The Morgan fingerprint density at radius 2 is 1.71 bits per heavy atom. The highest BCUT2D eigenvalue weighted by Gasteiger charge is 2.24. The fourth-order valence-electron chi connectivity index (χ4n) is 2.66. The van der Waals surface area contributed by atoms with E-state index >= 15 is 0 Å². The van der Waals surface area contributed by atoms with Crippen LogP contribution in [0, 0.1) is 5.92 Å². The lowest BCUT2D eigenvalue weighted by molar-refractivity contribution is 0.0941. The lowest BCUT2D eigenvalue weighted by Gasteiger charge is -2.38.